The summed E-state index contributed by atoms with van der Waals surface area (Å²) in [6, 6.07) is 8.32. The van der Waals surface area contributed by atoms with Crippen LogP contribution in [0.2, 0.25) is 0 Å². The Bertz CT molecular complexity index is 390. The van der Waals surface area contributed by atoms with Crippen LogP contribution in [0, 0.1) is 5.92 Å². The van der Waals surface area contributed by atoms with Crippen LogP contribution in [0.5, 0.6) is 0 Å². The summed E-state index contributed by atoms with van der Waals surface area (Å²) in [7, 11) is 0. The molecule has 1 atom stereocenters. The summed E-state index contributed by atoms with van der Waals surface area (Å²) >= 11 is 3.42. The van der Waals surface area contributed by atoms with Gasteiger partial charge in [0, 0.05) is 17.1 Å². The average molecular weight is 328 g/mol. The Morgan fingerprint density at radius 3 is 2.47 bits per heavy atom. The Balaban J connectivity index is 2.49. The average Bonchev–Trinajstić information content (AvgIpc) is 2.36. The van der Waals surface area contributed by atoms with Gasteiger partial charge in [-0.3, -0.25) is 4.79 Å². The molecule has 0 amide bonds. The number of benzene rings is 1. The van der Waals surface area contributed by atoms with Crippen molar-refractivity contribution < 1.29 is 9.53 Å². The van der Waals surface area contributed by atoms with E-state index in [1.54, 1.807) is 0 Å². The lowest BCUT2D eigenvalue weighted by molar-refractivity contribution is -0.144. The van der Waals surface area contributed by atoms with Crippen LogP contribution in [-0.4, -0.2) is 18.6 Å². The number of esters is 1. The van der Waals surface area contributed by atoms with Crippen LogP contribution in [0.1, 0.15) is 32.8 Å². The molecule has 19 heavy (non-hydrogen) atoms. The Labute approximate surface area is 123 Å². The Morgan fingerprint density at radius 1 is 1.32 bits per heavy atom. The van der Waals surface area contributed by atoms with Crippen LogP contribution >= 0.6 is 15.9 Å². The van der Waals surface area contributed by atoms with Gasteiger partial charge in [0.1, 0.15) is 0 Å². The van der Waals surface area contributed by atoms with Gasteiger partial charge in [0.05, 0.1) is 13.0 Å². The maximum absolute atomic E-state index is 11.5. The van der Waals surface area contributed by atoms with Gasteiger partial charge in [-0.15, -0.1) is 0 Å². The van der Waals surface area contributed by atoms with Crippen LogP contribution in [0.15, 0.2) is 28.7 Å². The first kappa shape index (κ1) is 16.2. The van der Waals surface area contributed by atoms with Crippen molar-refractivity contribution in [2.75, 3.05) is 6.61 Å². The molecule has 1 aromatic rings. The maximum atomic E-state index is 11.5. The van der Waals surface area contributed by atoms with E-state index in [9.17, 15) is 4.79 Å². The van der Waals surface area contributed by atoms with Crippen molar-refractivity contribution in [3.63, 3.8) is 0 Å². The van der Waals surface area contributed by atoms with E-state index in [1.165, 1.54) is 5.56 Å². The van der Waals surface area contributed by atoms with Crippen LogP contribution in [0.3, 0.4) is 0 Å². The fourth-order valence-electron chi connectivity index (χ4n) is 1.79. The predicted octanol–water partition coefficient (Wildman–Crippen LogP) is 3.52. The van der Waals surface area contributed by atoms with E-state index in [1.807, 2.05) is 19.1 Å². The molecule has 1 aromatic carbocycles. The van der Waals surface area contributed by atoms with E-state index in [-0.39, 0.29) is 12.0 Å². The van der Waals surface area contributed by atoms with Gasteiger partial charge in [0.25, 0.3) is 0 Å². The molecule has 0 spiro atoms. The summed E-state index contributed by atoms with van der Waals surface area (Å²) in [5, 5.41) is 3.43. The van der Waals surface area contributed by atoms with Gasteiger partial charge in [-0.25, -0.2) is 0 Å². The minimum atomic E-state index is -0.135. The first-order valence-corrected chi connectivity index (χ1v) is 7.45. The molecule has 0 radical (unpaired) electrons. The molecule has 0 aromatic heterocycles. The largest absolute Gasteiger partial charge is 0.466 e. The van der Waals surface area contributed by atoms with Gasteiger partial charge in [-0.2, -0.15) is 0 Å². The van der Waals surface area contributed by atoms with Gasteiger partial charge in [-0.1, -0.05) is 41.9 Å². The van der Waals surface area contributed by atoms with Gasteiger partial charge in [0.2, 0.25) is 0 Å². The summed E-state index contributed by atoms with van der Waals surface area (Å²) in [5.41, 5.74) is 1.21. The first-order chi connectivity index (χ1) is 9.02. The molecular weight excluding hydrogens is 306 g/mol. The highest BCUT2D eigenvalue weighted by Gasteiger charge is 2.17. The van der Waals surface area contributed by atoms with Crippen LogP contribution in [0.25, 0.3) is 0 Å². The number of carbonyl (C=O) groups is 1. The van der Waals surface area contributed by atoms with Crippen molar-refractivity contribution in [2.45, 2.75) is 39.8 Å². The molecule has 0 fully saturated rings. The van der Waals surface area contributed by atoms with E-state index < -0.39 is 0 Å². The second-order valence-corrected chi connectivity index (χ2v) is 5.78. The molecule has 3 nitrogen and oxygen atoms in total. The summed E-state index contributed by atoms with van der Waals surface area (Å²) in [6.45, 7) is 7.25. The Hall–Kier alpha value is -0.870. The molecule has 1 unspecified atom stereocenters. The number of ether oxygens (including phenoxy) is 1. The lowest BCUT2D eigenvalue weighted by atomic mass is 10.0. The zero-order chi connectivity index (χ0) is 14.3. The van der Waals surface area contributed by atoms with Crippen molar-refractivity contribution >= 4 is 21.9 Å². The van der Waals surface area contributed by atoms with Crippen molar-refractivity contribution in [1.82, 2.24) is 5.32 Å². The van der Waals surface area contributed by atoms with Crippen molar-refractivity contribution in [3.05, 3.63) is 34.3 Å². The number of halogens is 1. The third kappa shape index (κ3) is 6.21. The van der Waals surface area contributed by atoms with Gasteiger partial charge in [-0.05, 0) is 30.5 Å². The SMILES string of the molecule is CCOC(=O)CC(NCc1ccc(Br)cc1)C(C)C. The molecular formula is C15H22BrNO2. The first-order valence-electron chi connectivity index (χ1n) is 6.66. The Morgan fingerprint density at radius 2 is 1.95 bits per heavy atom. The number of hydrogen-bond donors (Lipinski definition) is 1. The quantitative estimate of drug-likeness (QED) is 0.779. The summed E-state index contributed by atoms with van der Waals surface area (Å²) < 4.78 is 6.08. The zero-order valence-corrected chi connectivity index (χ0v) is 13.4. The molecule has 0 aliphatic heterocycles. The van der Waals surface area contributed by atoms with Crippen LogP contribution in [-0.2, 0) is 16.1 Å². The van der Waals surface area contributed by atoms with Crippen LogP contribution in [0.4, 0.5) is 0 Å². The molecule has 1 rings (SSSR count). The predicted molar refractivity (Wildman–Crippen MR) is 80.9 cm³/mol. The molecule has 0 saturated heterocycles. The highest BCUT2D eigenvalue weighted by Crippen LogP contribution is 2.12. The van der Waals surface area contributed by atoms with E-state index in [0.29, 0.717) is 18.9 Å². The number of rotatable bonds is 7. The number of nitrogens with one attached hydrogen (secondary N) is 1. The second kappa shape index (κ2) is 8.33. The lowest BCUT2D eigenvalue weighted by Crippen LogP contribution is -2.35. The smallest absolute Gasteiger partial charge is 0.307 e. The Kier molecular flexibility index (Phi) is 7.10. The molecule has 0 aliphatic carbocycles. The number of hydrogen-bond acceptors (Lipinski definition) is 3. The van der Waals surface area contributed by atoms with Gasteiger partial charge < -0.3 is 10.1 Å². The minimum absolute atomic E-state index is 0.135. The van der Waals surface area contributed by atoms with Crippen molar-refractivity contribution in [1.29, 1.82) is 0 Å². The molecule has 1 N–H and O–H groups in total. The fourth-order valence-corrected chi connectivity index (χ4v) is 2.06. The molecule has 0 aliphatic rings. The van der Waals surface area contributed by atoms with Gasteiger partial charge in [0.15, 0.2) is 0 Å². The van der Waals surface area contributed by atoms with E-state index in [2.05, 4.69) is 47.2 Å². The lowest BCUT2D eigenvalue weighted by Gasteiger charge is -2.21. The molecule has 0 saturated carbocycles. The molecule has 4 heteroatoms. The number of carbonyl (C=O) groups excluding carboxylic acids is 1. The fraction of sp³-hybridized carbons (Fsp3) is 0.533. The van der Waals surface area contributed by atoms with Crippen molar-refractivity contribution in [2.24, 2.45) is 5.92 Å². The van der Waals surface area contributed by atoms with Gasteiger partial charge >= 0.3 is 5.97 Å². The minimum Gasteiger partial charge on any atom is -0.466 e. The third-order valence-corrected chi connectivity index (χ3v) is 3.51. The summed E-state index contributed by atoms with van der Waals surface area (Å²) in [5.74, 6) is 0.254. The molecule has 0 bridgehead atoms. The van der Waals surface area contributed by atoms with Crippen molar-refractivity contribution in [3.8, 4) is 0 Å². The standard InChI is InChI=1S/C15H22BrNO2/c1-4-19-15(18)9-14(11(2)3)17-10-12-5-7-13(16)8-6-12/h5-8,11,14,17H,4,9-10H2,1-3H3. The highest BCUT2D eigenvalue weighted by atomic mass is 79.9. The normalized spacial score (nSPS) is 12.5. The monoisotopic (exact) mass is 327 g/mol. The van der Waals surface area contributed by atoms with E-state index in [0.717, 1.165) is 11.0 Å². The summed E-state index contributed by atoms with van der Waals surface area (Å²) in [4.78, 5) is 11.5. The zero-order valence-electron chi connectivity index (χ0n) is 11.8. The topological polar surface area (TPSA) is 38.3 Å². The second-order valence-electron chi connectivity index (χ2n) is 4.87. The third-order valence-electron chi connectivity index (χ3n) is 2.98. The molecule has 0 heterocycles. The highest BCUT2D eigenvalue weighted by molar-refractivity contribution is 9.10. The molecule has 106 valence electrons. The maximum Gasteiger partial charge on any atom is 0.307 e. The summed E-state index contributed by atoms with van der Waals surface area (Å²) in [6.07, 6.45) is 0.419. The van der Waals surface area contributed by atoms with E-state index >= 15 is 0 Å². The van der Waals surface area contributed by atoms with E-state index in [4.69, 9.17) is 4.74 Å². The van der Waals surface area contributed by atoms with Crippen LogP contribution < -0.4 is 5.32 Å².